The van der Waals surface area contributed by atoms with Crippen molar-refractivity contribution in [1.82, 2.24) is 5.32 Å². The summed E-state index contributed by atoms with van der Waals surface area (Å²) in [4.78, 5) is 11.9. The van der Waals surface area contributed by atoms with E-state index in [1.165, 1.54) is 14.2 Å². The minimum absolute atomic E-state index is 0.191. The predicted octanol–water partition coefficient (Wildman–Crippen LogP) is 1.65. The standard InChI is InChI=1S/C12H16INO4/c1-16-10-6-8(4-5-9(10)13)12(15)14-7-11(17-2)18-3/h4-6,11H,7H2,1-3H3,(H,14,15). The second-order valence-electron chi connectivity index (χ2n) is 3.46. The quantitative estimate of drug-likeness (QED) is 0.615. The molecule has 0 unspecified atom stereocenters. The van der Waals surface area contributed by atoms with Gasteiger partial charge in [-0.15, -0.1) is 0 Å². The van der Waals surface area contributed by atoms with Gasteiger partial charge in [-0.3, -0.25) is 4.79 Å². The van der Waals surface area contributed by atoms with Gasteiger partial charge in [0, 0.05) is 19.8 Å². The van der Waals surface area contributed by atoms with Crippen LogP contribution in [0.1, 0.15) is 10.4 Å². The molecule has 0 aliphatic rings. The number of hydrogen-bond donors (Lipinski definition) is 1. The average Bonchev–Trinajstić information content (AvgIpc) is 2.40. The zero-order chi connectivity index (χ0) is 13.5. The lowest BCUT2D eigenvalue weighted by Crippen LogP contribution is -2.34. The summed E-state index contributed by atoms with van der Waals surface area (Å²) < 4.78 is 16.1. The van der Waals surface area contributed by atoms with Gasteiger partial charge in [0.15, 0.2) is 6.29 Å². The Hall–Kier alpha value is -0.860. The van der Waals surface area contributed by atoms with Crippen LogP contribution in [0.4, 0.5) is 0 Å². The zero-order valence-corrected chi connectivity index (χ0v) is 12.7. The fourth-order valence-corrected chi connectivity index (χ4v) is 1.90. The molecule has 0 saturated heterocycles. The molecular formula is C12H16INO4. The van der Waals surface area contributed by atoms with Crippen molar-refractivity contribution >= 4 is 28.5 Å². The van der Waals surface area contributed by atoms with Crippen LogP contribution in [0.2, 0.25) is 0 Å². The molecule has 0 aliphatic carbocycles. The van der Waals surface area contributed by atoms with Gasteiger partial charge in [-0.2, -0.15) is 0 Å². The van der Waals surface area contributed by atoms with Gasteiger partial charge in [0.2, 0.25) is 0 Å². The molecule has 0 radical (unpaired) electrons. The first-order chi connectivity index (χ1) is 8.62. The van der Waals surface area contributed by atoms with Crippen LogP contribution in [0.3, 0.4) is 0 Å². The van der Waals surface area contributed by atoms with Crippen molar-refractivity contribution in [1.29, 1.82) is 0 Å². The van der Waals surface area contributed by atoms with Crippen LogP contribution in [-0.4, -0.2) is 40.1 Å². The number of nitrogens with one attached hydrogen (secondary N) is 1. The summed E-state index contributed by atoms with van der Waals surface area (Å²) in [6.07, 6.45) is -0.445. The lowest BCUT2D eigenvalue weighted by Gasteiger charge is -2.14. The molecule has 1 aromatic carbocycles. The van der Waals surface area contributed by atoms with E-state index in [-0.39, 0.29) is 5.91 Å². The van der Waals surface area contributed by atoms with Gasteiger partial charge >= 0.3 is 0 Å². The fraction of sp³-hybridized carbons (Fsp3) is 0.417. The van der Waals surface area contributed by atoms with E-state index in [0.717, 1.165) is 3.57 Å². The molecule has 0 saturated carbocycles. The summed E-state index contributed by atoms with van der Waals surface area (Å²) in [5.41, 5.74) is 0.540. The van der Waals surface area contributed by atoms with Gasteiger partial charge in [-0.25, -0.2) is 0 Å². The minimum Gasteiger partial charge on any atom is -0.496 e. The maximum atomic E-state index is 11.9. The predicted molar refractivity (Wildman–Crippen MR) is 75.9 cm³/mol. The lowest BCUT2D eigenvalue weighted by atomic mass is 10.2. The molecule has 6 heteroatoms. The third-order valence-electron chi connectivity index (χ3n) is 2.37. The number of amides is 1. The molecule has 1 rings (SSSR count). The summed E-state index contributed by atoms with van der Waals surface area (Å²) in [6.45, 7) is 0.292. The second kappa shape index (κ2) is 7.55. The molecule has 0 heterocycles. The molecule has 100 valence electrons. The van der Waals surface area contributed by atoms with Gasteiger partial charge in [-0.05, 0) is 40.8 Å². The maximum Gasteiger partial charge on any atom is 0.251 e. The van der Waals surface area contributed by atoms with E-state index in [1.807, 2.05) is 6.07 Å². The molecule has 0 aromatic heterocycles. The van der Waals surface area contributed by atoms with Crippen LogP contribution in [0.15, 0.2) is 18.2 Å². The minimum atomic E-state index is -0.445. The number of carbonyl (C=O) groups excluding carboxylic acids is 1. The molecular weight excluding hydrogens is 349 g/mol. The lowest BCUT2D eigenvalue weighted by molar-refractivity contribution is -0.0974. The normalized spacial score (nSPS) is 10.5. The third kappa shape index (κ3) is 4.11. The second-order valence-corrected chi connectivity index (χ2v) is 4.62. The van der Waals surface area contributed by atoms with Gasteiger partial charge < -0.3 is 19.5 Å². The van der Waals surface area contributed by atoms with E-state index in [4.69, 9.17) is 14.2 Å². The first kappa shape index (κ1) is 15.2. The van der Waals surface area contributed by atoms with Crippen LogP contribution in [0.5, 0.6) is 5.75 Å². The number of benzene rings is 1. The molecule has 0 bridgehead atoms. The summed E-state index contributed by atoms with van der Waals surface area (Å²) in [5, 5.41) is 2.72. The highest BCUT2D eigenvalue weighted by molar-refractivity contribution is 14.1. The Labute approximate surface area is 120 Å². The largest absolute Gasteiger partial charge is 0.496 e. The summed E-state index contributed by atoms with van der Waals surface area (Å²) in [6, 6.07) is 5.28. The Balaban J connectivity index is 2.67. The van der Waals surface area contributed by atoms with E-state index in [2.05, 4.69) is 27.9 Å². The zero-order valence-electron chi connectivity index (χ0n) is 10.5. The third-order valence-corrected chi connectivity index (χ3v) is 3.26. The van der Waals surface area contributed by atoms with Gasteiger partial charge in [0.25, 0.3) is 5.91 Å². The Morgan fingerprint density at radius 1 is 1.33 bits per heavy atom. The van der Waals surface area contributed by atoms with Crippen LogP contribution in [-0.2, 0) is 9.47 Å². The smallest absolute Gasteiger partial charge is 0.251 e. The van der Waals surface area contributed by atoms with Crippen molar-refractivity contribution < 1.29 is 19.0 Å². The topological polar surface area (TPSA) is 56.8 Å². The van der Waals surface area contributed by atoms with Gasteiger partial charge in [-0.1, -0.05) is 0 Å². The molecule has 18 heavy (non-hydrogen) atoms. The molecule has 5 nitrogen and oxygen atoms in total. The first-order valence-electron chi connectivity index (χ1n) is 5.29. The van der Waals surface area contributed by atoms with E-state index >= 15 is 0 Å². The van der Waals surface area contributed by atoms with Crippen molar-refractivity contribution in [2.24, 2.45) is 0 Å². The highest BCUT2D eigenvalue weighted by Crippen LogP contribution is 2.21. The maximum absolute atomic E-state index is 11.9. The Morgan fingerprint density at radius 3 is 2.56 bits per heavy atom. The molecule has 0 aliphatic heterocycles. The molecule has 0 fully saturated rings. The Bertz CT molecular complexity index is 407. The molecule has 0 atom stereocenters. The van der Waals surface area contributed by atoms with E-state index in [1.54, 1.807) is 19.2 Å². The van der Waals surface area contributed by atoms with Crippen LogP contribution in [0, 0.1) is 3.57 Å². The van der Waals surface area contributed by atoms with Crippen LogP contribution < -0.4 is 10.1 Å². The van der Waals surface area contributed by atoms with Gasteiger partial charge in [0.05, 0.1) is 17.2 Å². The van der Waals surface area contributed by atoms with Crippen molar-refractivity contribution in [2.45, 2.75) is 6.29 Å². The van der Waals surface area contributed by atoms with Gasteiger partial charge in [0.1, 0.15) is 5.75 Å². The van der Waals surface area contributed by atoms with E-state index in [0.29, 0.717) is 17.9 Å². The highest BCUT2D eigenvalue weighted by atomic mass is 127. The first-order valence-corrected chi connectivity index (χ1v) is 6.37. The fourth-order valence-electron chi connectivity index (χ4n) is 1.34. The van der Waals surface area contributed by atoms with E-state index in [9.17, 15) is 4.79 Å². The SMILES string of the molecule is COc1cc(C(=O)NCC(OC)OC)ccc1I. The van der Waals surface area contributed by atoms with Crippen LogP contribution >= 0.6 is 22.6 Å². The summed E-state index contributed by atoms with van der Waals surface area (Å²) >= 11 is 2.15. The molecule has 0 spiro atoms. The molecule has 1 aromatic rings. The monoisotopic (exact) mass is 365 g/mol. The Kier molecular flexibility index (Phi) is 6.37. The van der Waals surface area contributed by atoms with Crippen molar-refractivity contribution in [2.75, 3.05) is 27.9 Å². The number of ether oxygens (including phenoxy) is 3. The van der Waals surface area contributed by atoms with Crippen LogP contribution in [0.25, 0.3) is 0 Å². The average molecular weight is 365 g/mol. The van der Waals surface area contributed by atoms with Crippen molar-refractivity contribution in [3.05, 3.63) is 27.3 Å². The number of methoxy groups -OCH3 is 3. The number of carbonyl (C=O) groups is 1. The summed E-state index contributed by atoms with van der Waals surface area (Å²) in [5.74, 6) is 0.488. The highest BCUT2D eigenvalue weighted by Gasteiger charge is 2.11. The van der Waals surface area contributed by atoms with Crippen molar-refractivity contribution in [3.63, 3.8) is 0 Å². The number of halogens is 1. The number of rotatable bonds is 6. The summed E-state index contributed by atoms with van der Waals surface area (Å²) in [7, 11) is 4.62. The van der Waals surface area contributed by atoms with E-state index < -0.39 is 6.29 Å². The molecule has 1 amide bonds. The Morgan fingerprint density at radius 2 is 2.00 bits per heavy atom. The number of hydrogen-bond acceptors (Lipinski definition) is 4. The van der Waals surface area contributed by atoms with Crippen molar-refractivity contribution in [3.8, 4) is 5.75 Å². The molecule has 1 N–H and O–H groups in total.